The lowest BCUT2D eigenvalue weighted by molar-refractivity contribution is -0.117. The fourth-order valence-electron chi connectivity index (χ4n) is 1.56. The number of carbonyl (C=O) groups is 1. The summed E-state index contributed by atoms with van der Waals surface area (Å²) in [6.45, 7) is 3.84. The summed E-state index contributed by atoms with van der Waals surface area (Å²) in [5.74, 6) is -0.545. The van der Waals surface area contributed by atoms with E-state index in [4.69, 9.17) is 22.1 Å². The Kier molecular flexibility index (Phi) is 4.33. The van der Waals surface area contributed by atoms with Crippen LogP contribution in [0, 0.1) is 6.92 Å². The molecule has 0 radical (unpaired) electrons. The number of carbonyl (C=O) groups excluding carboxylic acids is 1. The Morgan fingerprint density at radius 3 is 2.56 bits per heavy atom. The average Bonchev–Trinajstić information content (AvgIpc) is 2.26. The van der Waals surface area contributed by atoms with Crippen molar-refractivity contribution in [3.63, 3.8) is 0 Å². The molecule has 0 saturated carbocycles. The lowest BCUT2D eigenvalue weighted by Crippen LogP contribution is -2.19. The molecule has 2 unspecified atom stereocenters. The highest BCUT2D eigenvalue weighted by Gasteiger charge is 2.20. The zero-order valence-electron chi connectivity index (χ0n) is 9.66. The van der Waals surface area contributed by atoms with E-state index in [0.29, 0.717) is 0 Å². The van der Waals surface area contributed by atoms with Gasteiger partial charge in [0.25, 0.3) is 0 Å². The van der Waals surface area contributed by atoms with Crippen LogP contribution in [0.3, 0.4) is 0 Å². The molecule has 88 valence electrons. The van der Waals surface area contributed by atoms with Crippen LogP contribution in [0.4, 0.5) is 0 Å². The van der Waals surface area contributed by atoms with E-state index in [9.17, 15) is 4.79 Å². The molecule has 2 N–H and O–H groups in total. The molecular formula is C12H16ClNO2. The number of primary amides is 1. The first-order valence-corrected chi connectivity index (χ1v) is 5.47. The van der Waals surface area contributed by atoms with Crippen molar-refractivity contribution in [2.45, 2.75) is 25.3 Å². The van der Waals surface area contributed by atoms with E-state index in [0.717, 1.165) is 16.7 Å². The number of amides is 1. The molecule has 0 bridgehead atoms. The van der Waals surface area contributed by atoms with Gasteiger partial charge >= 0.3 is 0 Å². The van der Waals surface area contributed by atoms with Gasteiger partial charge < -0.3 is 10.5 Å². The third-order valence-corrected chi connectivity index (χ3v) is 3.01. The molecule has 0 aliphatic heterocycles. The Balaban J connectivity index is 3.22. The first-order chi connectivity index (χ1) is 7.47. The molecule has 1 rings (SSSR count). The number of hydrogen-bond acceptors (Lipinski definition) is 2. The Hall–Kier alpha value is -1.06. The number of alkyl halides is 1. The average molecular weight is 242 g/mol. The summed E-state index contributed by atoms with van der Waals surface area (Å²) in [7, 11) is 1.61. The first kappa shape index (κ1) is 13.0. The Bertz CT molecular complexity index is 393. The summed E-state index contributed by atoms with van der Waals surface area (Å²) in [5, 5.41) is -0.813. The van der Waals surface area contributed by atoms with E-state index >= 15 is 0 Å². The van der Waals surface area contributed by atoms with Crippen molar-refractivity contribution in [2.24, 2.45) is 5.73 Å². The number of hydrogen-bond donors (Lipinski definition) is 1. The van der Waals surface area contributed by atoms with Crippen molar-refractivity contribution in [3.8, 4) is 0 Å². The second kappa shape index (κ2) is 5.32. The van der Waals surface area contributed by atoms with Crippen LogP contribution in [0.2, 0.25) is 0 Å². The van der Waals surface area contributed by atoms with Crippen LogP contribution < -0.4 is 5.73 Å². The summed E-state index contributed by atoms with van der Waals surface area (Å²) in [5.41, 5.74) is 7.87. The van der Waals surface area contributed by atoms with Crippen LogP contribution in [-0.4, -0.2) is 13.0 Å². The van der Waals surface area contributed by atoms with E-state index in [1.807, 2.05) is 32.0 Å². The maximum absolute atomic E-state index is 11.1. The van der Waals surface area contributed by atoms with Crippen LogP contribution >= 0.6 is 11.6 Å². The van der Waals surface area contributed by atoms with Gasteiger partial charge in [0.1, 0.15) is 5.38 Å². The van der Waals surface area contributed by atoms with E-state index in [1.165, 1.54) is 0 Å². The Morgan fingerprint density at radius 2 is 2.06 bits per heavy atom. The predicted octanol–water partition coefficient (Wildman–Crippen LogP) is 2.47. The van der Waals surface area contributed by atoms with Gasteiger partial charge in [0.05, 0.1) is 6.10 Å². The lowest BCUT2D eigenvalue weighted by Gasteiger charge is -2.17. The number of halogens is 1. The highest BCUT2D eigenvalue weighted by Crippen LogP contribution is 2.30. The summed E-state index contributed by atoms with van der Waals surface area (Å²) < 4.78 is 5.24. The first-order valence-electron chi connectivity index (χ1n) is 5.04. The molecule has 0 aliphatic carbocycles. The SMILES string of the molecule is COC(C)c1ccc(C)cc1C(Cl)C(N)=O. The number of nitrogens with two attached hydrogens (primary N) is 1. The summed E-state index contributed by atoms with van der Waals surface area (Å²) in [6, 6.07) is 5.74. The van der Waals surface area contributed by atoms with Crippen LogP contribution in [0.25, 0.3) is 0 Å². The fourth-order valence-corrected chi connectivity index (χ4v) is 1.75. The topological polar surface area (TPSA) is 52.3 Å². The third-order valence-electron chi connectivity index (χ3n) is 2.56. The van der Waals surface area contributed by atoms with E-state index in [-0.39, 0.29) is 6.10 Å². The predicted molar refractivity (Wildman–Crippen MR) is 64.4 cm³/mol. The summed E-state index contributed by atoms with van der Waals surface area (Å²) >= 11 is 5.99. The quantitative estimate of drug-likeness (QED) is 0.824. The largest absolute Gasteiger partial charge is 0.377 e. The van der Waals surface area contributed by atoms with Crippen molar-refractivity contribution in [1.82, 2.24) is 0 Å². The van der Waals surface area contributed by atoms with Crippen molar-refractivity contribution in [2.75, 3.05) is 7.11 Å². The van der Waals surface area contributed by atoms with Crippen LogP contribution in [0.15, 0.2) is 18.2 Å². The maximum atomic E-state index is 11.1. The molecule has 0 fully saturated rings. The minimum atomic E-state index is -0.813. The monoisotopic (exact) mass is 241 g/mol. The van der Waals surface area contributed by atoms with Gasteiger partial charge in [-0.1, -0.05) is 23.8 Å². The summed E-state index contributed by atoms with van der Waals surface area (Å²) in [6.07, 6.45) is -0.115. The van der Waals surface area contributed by atoms with Gasteiger partial charge in [0, 0.05) is 7.11 Å². The number of aryl methyl sites for hydroxylation is 1. The Labute approximate surface area is 101 Å². The second-order valence-corrected chi connectivity index (χ2v) is 4.21. The molecule has 0 spiro atoms. The molecule has 0 aliphatic rings. The van der Waals surface area contributed by atoms with Crippen LogP contribution in [0.1, 0.15) is 35.1 Å². The number of ether oxygens (including phenoxy) is 1. The Morgan fingerprint density at radius 1 is 1.44 bits per heavy atom. The molecule has 3 nitrogen and oxygen atoms in total. The minimum Gasteiger partial charge on any atom is -0.377 e. The van der Waals surface area contributed by atoms with E-state index < -0.39 is 11.3 Å². The van der Waals surface area contributed by atoms with Crippen molar-refractivity contribution >= 4 is 17.5 Å². The number of rotatable bonds is 4. The molecule has 0 saturated heterocycles. The molecule has 0 heterocycles. The molecule has 16 heavy (non-hydrogen) atoms. The molecular weight excluding hydrogens is 226 g/mol. The smallest absolute Gasteiger partial charge is 0.240 e. The number of benzene rings is 1. The van der Waals surface area contributed by atoms with Crippen LogP contribution in [-0.2, 0) is 9.53 Å². The van der Waals surface area contributed by atoms with E-state index in [2.05, 4.69) is 0 Å². The zero-order valence-corrected chi connectivity index (χ0v) is 10.4. The highest BCUT2D eigenvalue weighted by molar-refractivity contribution is 6.30. The maximum Gasteiger partial charge on any atom is 0.240 e. The fraction of sp³-hybridized carbons (Fsp3) is 0.417. The minimum absolute atomic E-state index is 0.115. The molecule has 4 heteroatoms. The van der Waals surface area contributed by atoms with Gasteiger partial charge in [0.15, 0.2) is 0 Å². The molecule has 1 amide bonds. The van der Waals surface area contributed by atoms with Gasteiger partial charge in [-0.25, -0.2) is 0 Å². The van der Waals surface area contributed by atoms with Crippen molar-refractivity contribution in [1.29, 1.82) is 0 Å². The normalized spacial score (nSPS) is 14.5. The van der Waals surface area contributed by atoms with E-state index in [1.54, 1.807) is 7.11 Å². The van der Waals surface area contributed by atoms with Crippen LogP contribution in [0.5, 0.6) is 0 Å². The standard InChI is InChI=1S/C12H16ClNO2/c1-7-4-5-9(8(2)16-3)10(6-7)11(13)12(14)15/h4-6,8,11H,1-3H3,(H2,14,15). The highest BCUT2D eigenvalue weighted by atomic mass is 35.5. The van der Waals surface area contributed by atoms with Gasteiger partial charge in [-0.3, -0.25) is 4.79 Å². The van der Waals surface area contributed by atoms with Gasteiger partial charge in [0.2, 0.25) is 5.91 Å². The van der Waals surface area contributed by atoms with Gasteiger partial charge in [-0.2, -0.15) is 0 Å². The molecule has 1 aromatic rings. The van der Waals surface area contributed by atoms with Crippen molar-refractivity contribution < 1.29 is 9.53 Å². The lowest BCUT2D eigenvalue weighted by atomic mass is 9.98. The van der Waals surface area contributed by atoms with Gasteiger partial charge in [-0.15, -0.1) is 11.6 Å². The zero-order chi connectivity index (χ0) is 12.3. The third kappa shape index (κ3) is 2.74. The summed E-state index contributed by atoms with van der Waals surface area (Å²) in [4.78, 5) is 11.1. The van der Waals surface area contributed by atoms with Gasteiger partial charge in [-0.05, 0) is 25.0 Å². The second-order valence-electron chi connectivity index (χ2n) is 3.78. The molecule has 0 aromatic heterocycles. The number of methoxy groups -OCH3 is 1. The van der Waals surface area contributed by atoms with Crippen molar-refractivity contribution in [3.05, 3.63) is 34.9 Å². The molecule has 1 aromatic carbocycles. The molecule has 2 atom stereocenters.